The topological polar surface area (TPSA) is 15.3 Å². The van der Waals surface area contributed by atoms with Crippen LogP contribution in [0.25, 0.3) is 0 Å². The van der Waals surface area contributed by atoms with Gasteiger partial charge in [0.25, 0.3) is 0 Å². The average Bonchev–Trinajstić information content (AvgIpc) is 3.02. The lowest BCUT2D eigenvalue weighted by Gasteiger charge is -2.34. The molecule has 102 valence electrons. The molecule has 0 aromatic carbocycles. The second-order valence-electron chi connectivity index (χ2n) is 7.65. The third-order valence-corrected chi connectivity index (χ3v) is 6.76. The van der Waals surface area contributed by atoms with E-state index in [2.05, 4.69) is 24.2 Å². The lowest BCUT2D eigenvalue weighted by molar-refractivity contribution is 0.198. The Morgan fingerprint density at radius 1 is 1.00 bits per heavy atom. The quantitative estimate of drug-likeness (QED) is 0.808. The summed E-state index contributed by atoms with van der Waals surface area (Å²) in [6.45, 7) is 3.64. The van der Waals surface area contributed by atoms with E-state index in [-0.39, 0.29) is 0 Å². The molecule has 0 radical (unpaired) electrons. The molecule has 0 spiro atoms. The van der Waals surface area contributed by atoms with E-state index in [0.717, 1.165) is 41.8 Å². The van der Waals surface area contributed by atoms with Crippen molar-refractivity contribution in [2.45, 2.75) is 63.6 Å². The molecule has 4 rings (SSSR count). The van der Waals surface area contributed by atoms with Gasteiger partial charge in [-0.25, -0.2) is 0 Å². The number of hydrogen-bond donors (Lipinski definition) is 1. The normalized spacial score (nSPS) is 55.3. The Bertz CT molecular complexity index is 319. The van der Waals surface area contributed by atoms with Crippen LogP contribution in [-0.2, 0) is 0 Å². The van der Waals surface area contributed by atoms with Crippen LogP contribution in [0.1, 0.15) is 45.4 Å². The molecule has 4 fully saturated rings. The molecule has 0 aromatic heterocycles. The van der Waals surface area contributed by atoms with E-state index in [4.69, 9.17) is 0 Å². The molecular formula is C16H28N2. The first-order valence-electron chi connectivity index (χ1n) is 8.18. The zero-order chi connectivity index (χ0) is 12.3. The smallest absolute Gasteiger partial charge is 0.0212 e. The van der Waals surface area contributed by atoms with Crippen LogP contribution in [0.2, 0.25) is 0 Å². The van der Waals surface area contributed by atoms with Crippen molar-refractivity contribution in [3.63, 3.8) is 0 Å². The van der Waals surface area contributed by atoms with Gasteiger partial charge in [-0.1, -0.05) is 6.42 Å². The first-order chi connectivity index (χ1) is 8.72. The number of rotatable bonds is 2. The van der Waals surface area contributed by atoms with Crippen molar-refractivity contribution in [2.24, 2.45) is 23.7 Å². The molecule has 1 heterocycles. The van der Waals surface area contributed by atoms with E-state index in [1.165, 1.54) is 25.8 Å². The van der Waals surface area contributed by atoms with E-state index in [0.29, 0.717) is 0 Å². The summed E-state index contributed by atoms with van der Waals surface area (Å²) < 4.78 is 0. The highest BCUT2D eigenvalue weighted by atomic mass is 15.2. The van der Waals surface area contributed by atoms with Crippen LogP contribution < -0.4 is 5.32 Å². The number of likely N-dealkylation sites (N-methyl/N-ethyl adjacent to an activating group) is 1. The van der Waals surface area contributed by atoms with Gasteiger partial charge in [-0.3, -0.25) is 0 Å². The highest BCUT2D eigenvalue weighted by Crippen LogP contribution is 2.58. The standard InChI is InChI=1S/C16H28N2/c1-10-6-12(9-18(10)2)17-16-8-11-7-15(16)14-5-3-4-13(11)14/h10-17H,3-9H2,1-2H3. The Morgan fingerprint density at radius 3 is 2.61 bits per heavy atom. The summed E-state index contributed by atoms with van der Waals surface area (Å²) >= 11 is 0. The van der Waals surface area contributed by atoms with E-state index in [1.54, 1.807) is 19.3 Å². The van der Waals surface area contributed by atoms with Gasteiger partial charge >= 0.3 is 0 Å². The lowest BCUT2D eigenvalue weighted by Crippen LogP contribution is -2.45. The number of likely N-dealkylation sites (tertiary alicyclic amines) is 1. The summed E-state index contributed by atoms with van der Waals surface area (Å²) in [5.74, 6) is 4.39. The minimum Gasteiger partial charge on any atom is -0.310 e. The maximum atomic E-state index is 4.04. The van der Waals surface area contributed by atoms with Crippen LogP contribution in [-0.4, -0.2) is 36.6 Å². The van der Waals surface area contributed by atoms with Crippen LogP contribution in [0.4, 0.5) is 0 Å². The Morgan fingerprint density at radius 2 is 1.83 bits per heavy atom. The van der Waals surface area contributed by atoms with E-state index < -0.39 is 0 Å². The molecule has 3 saturated carbocycles. The summed E-state index contributed by atoms with van der Waals surface area (Å²) in [6.07, 6.45) is 9.05. The Balaban J connectivity index is 1.40. The fourth-order valence-corrected chi connectivity index (χ4v) is 5.88. The van der Waals surface area contributed by atoms with Crippen LogP contribution >= 0.6 is 0 Å². The van der Waals surface area contributed by atoms with Crippen molar-refractivity contribution in [3.8, 4) is 0 Å². The number of nitrogens with zero attached hydrogens (tertiary/aromatic N) is 1. The molecule has 2 nitrogen and oxygen atoms in total. The molecule has 7 unspecified atom stereocenters. The highest BCUT2D eigenvalue weighted by molar-refractivity contribution is 5.06. The Kier molecular flexibility index (Phi) is 2.74. The molecular weight excluding hydrogens is 220 g/mol. The Hall–Kier alpha value is -0.0800. The molecule has 3 aliphatic carbocycles. The van der Waals surface area contributed by atoms with Crippen LogP contribution in [0.5, 0.6) is 0 Å². The molecule has 2 heteroatoms. The van der Waals surface area contributed by atoms with Crippen molar-refractivity contribution in [1.82, 2.24) is 10.2 Å². The SMILES string of the molecule is CC1CC(NC2CC3CC2C2CCCC32)CN1C. The number of fused-ring (bicyclic) bond motifs is 5. The first kappa shape index (κ1) is 11.7. The summed E-state index contributed by atoms with van der Waals surface area (Å²) in [7, 11) is 2.28. The zero-order valence-corrected chi connectivity index (χ0v) is 11.9. The van der Waals surface area contributed by atoms with Gasteiger partial charge in [0, 0.05) is 24.7 Å². The van der Waals surface area contributed by atoms with Gasteiger partial charge in [0.1, 0.15) is 0 Å². The second-order valence-corrected chi connectivity index (χ2v) is 7.65. The van der Waals surface area contributed by atoms with Crippen LogP contribution in [0.15, 0.2) is 0 Å². The Labute approximate surface area is 111 Å². The number of nitrogens with one attached hydrogen (secondary N) is 1. The highest BCUT2D eigenvalue weighted by Gasteiger charge is 2.54. The minimum absolute atomic E-state index is 0.772. The van der Waals surface area contributed by atoms with Gasteiger partial charge in [-0.15, -0.1) is 0 Å². The second kappa shape index (κ2) is 4.21. The van der Waals surface area contributed by atoms with E-state index >= 15 is 0 Å². The molecule has 4 aliphatic rings. The van der Waals surface area contributed by atoms with Gasteiger partial charge in [-0.2, -0.15) is 0 Å². The molecule has 1 saturated heterocycles. The predicted molar refractivity (Wildman–Crippen MR) is 74.5 cm³/mol. The maximum Gasteiger partial charge on any atom is 0.0212 e. The third kappa shape index (κ3) is 1.68. The summed E-state index contributed by atoms with van der Waals surface area (Å²) in [5.41, 5.74) is 0. The fourth-order valence-electron chi connectivity index (χ4n) is 5.88. The van der Waals surface area contributed by atoms with Crippen LogP contribution in [0, 0.1) is 23.7 Å². The van der Waals surface area contributed by atoms with Gasteiger partial charge in [0.05, 0.1) is 0 Å². The molecule has 0 aromatic rings. The fraction of sp³-hybridized carbons (Fsp3) is 1.00. The van der Waals surface area contributed by atoms with Gasteiger partial charge < -0.3 is 10.2 Å². The van der Waals surface area contributed by atoms with E-state index in [9.17, 15) is 0 Å². The lowest BCUT2D eigenvalue weighted by atomic mass is 9.79. The predicted octanol–water partition coefficient (Wildman–Crippen LogP) is 2.49. The molecule has 2 bridgehead atoms. The van der Waals surface area contributed by atoms with Gasteiger partial charge in [0.15, 0.2) is 0 Å². The molecule has 7 atom stereocenters. The first-order valence-corrected chi connectivity index (χ1v) is 8.18. The summed E-state index contributed by atoms with van der Waals surface area (Å²) in [5, 5.41) is 4.04. The molecule has 1 N–H and O–H groups in total. The maximum absolute atomic E-state index is 4.04. The monoisotopic (exact) mass is 248 g/mol. The number of hydrogen-bond acceptors (Lipinski definition) is 2. The van der Waals surface area contributed by atoms with Gasteiger partial charge in [0.2, 0.25) is 0 Å². The molecule has 1 aliphatic heterocycles. The molecule has 18 heavy (non-hydrogen) atoms. The summed E-state index contributed by atoms with van der Waals surface area (Å²) in [4.78, 5) is 2.52. The van der Waals surface area contributed by atoms with Crippen LogP contribution in [0.3, 0.4) is 0 Å². The minimum atomic E-state index is 0.772. The van der Waals surface area contributed by atoms with Crippen molar-refractivity contribution in [1.29, 1.82) is 0 Å². The summed E-state index contributed by atoms with van der Waals surface area (Å²) in [6, 6.07) is 2.42. The third-order valence-electron chi connectivity index (χ3n) is 6.76. The van der Waals surface area contributed by atoms with Crippen molar-refractivity contribution >= 4 is 0 Å². The zero-order valence-electron chi connectivity index (χ0n) is 11.9. The molecule has 0 amide bonds. The largest absolute Gasteiger partial charge is 0.310 e. The van der Waals surface area contributed by atoms with Gasteiger partial charge in [-0.05, 0) is 69.7 Å². The van der Waals surface area contributed by atoms with E-state index in [1.807, 2.05) is 0 Å². The van der Waals surface area contributed by atoms with Crippen molar-refractivity contribution < 1.29 is 0 Å². The average molecular weight is 248 g/mol. The van der Waals surface area contributed by atoms with Crippen molar-refractivity contribution in [3.05, 3.63) is 0 Å². The van der Waals surface area contributed by atoms with Crippen molar-refractivity contribution in [2.75, 3.05) is 13.6 Å².